The van der Waals surface area contributed by atoms with E-state index in [2.05, 4.69) is 18.2 Å². The Labute approximate surface area is 96.8 Å². The van der Waals surface area contributed by atoms with Crippen molar-refractivity contribution in [3.63, 3.8) is 0 Å². The van der Waals surface area contributed by atoms with Crippen LogP contribution in [0.1, 0.15) is 27.7 Å². The third kappa shape index (κ3) is 4.73. The quantitative estimate of drug-likeness (QED) is 0.440. The van der Waals surface area contributed by atoms with Gasteiger partial charge < -0.3 is 5.73 Å². The van der Waals surface area contributed by atoms with Crippen LogP contribution in [-0.2, 0) is 0 Å². The van der Waals surface area contributed by atoms with Crippen molar-refractivity contribution in [3.8, 4) is 0 Å². The normalized spacial score (nSPS) is 12.3. The number of hydrogen-bond acceptors (Lipinski definition) is 1. The van der Waals surface area contributed by atoms with E-state index in [1.54, 1.807) is 27.7 Å². The van der Waals surface area contributed by atoms with Gasteiger partial charge in [0.1, 0.15) is 11.7 Å². The maximum atomic E-state index is 13.4. The Balaban J connectivity index is 5.37. The zero-order valence-corrected chi connectivity index (χ0v) is 10.4. The lowest BCUT2D eigenvalue weighted by molar-refractivity contribution is 0.652. The van der Waals surface area contributed by atoms with E-state index in [1.807, 2.05) is 0 Å². The maximum absolute atomic E-state index is 13.4. The third-order valence-corrected chi connectivity index (χ3v) is 1.86. The van der Waals surface area contributed by atoms with Gasteiger partial charge in [0, 0.05) is 0 Å². The van der Waals surface area contributed by atoms with E-state index in [1.165, 1.54) is 6.08 Å². The Morgan fingerprint density at radius 2 is 1.62 bits per heavy atom. The first kappa shape index (κ1) is 14.4. The average molecular weight is 222 g/mol. The predicted molar refractivity (Wildman–Crippen MR) is 68.8 cm³/mol. The molecule has 0 rings (SSSR count). The van der Waals surface area contributed by atoms with Gasteiger partial charge in [0.05, 0.1) is 5.70 Å². The molecule has 0 aliphatic rings. The summed E-state index contributed by atoms with van der Waals surface area (Å²) < 4.78 is 13.4. The molecule has 0 radical (unpaired) electrons. The van der Waals surface area contributed by atoms with Crippen molar-refractivity contribution in [3.05, 3.63) is 47.5 Å². The Hall–Kier alpha value is -1.64. The van der Waals surface area contributed by atoms with Gasteiger partial charge in [0.15, 0.2) is 0 Å². The van der Waals surface area contributed by atoms with Crippen LogP contribution in [0.25, 0.3) is 0 Å². The topological polar surface area (TPSA) is 38.4 Å². The summed E-state index contributed by atoms with van der Waals surface area (Å²) in [6.45, 7) is 14.3. The van der Waals surface area contributed by atoms with E-state index in [9.17, 15) is 4.39 Å². The number of hydrogen-bond donors (Lipinski definition) is 1. The maximum Gasteiger partial charge on any atom is 0.126 e. The number of nitrogens with two attached hydrogens (primary N) is 1. The van der Waals surface area contributed by atoms with Gasteiger partial charge in [0.2, 0.25) is 0 Å². The second-order valence-corrected chi connectivity index (χ2v) is 3.94. The summed E-state index contributed by atoms with van der Waals surface area (Å²) in [5.74, 6) is -0.0351. The number of aliphatic imine (C=N–C) groups is 1. The minimum absolute atomic E-state index is 0.288. The highest BCUT2D eigenvalue weighted by Crippen LogP contribution is 2.16. The minimum Gasteiger partial charge on any atom is -0.383 e. The van der Waals surface area contributed by atoms with Gasteiger partial charge in [-0.2, -0.15) is 0 Å². The molecule has 0 amide bonds. The van der Waals surface area contributed by atoms with Gasteiger partial charge in [-0.15, -0.1) is 0 Å². The van der Waals surface area contributed by atoms with Crippen molar-refractivity contribution in [2.75, 3.05) is 0 Å². The average Bonchev–Trinajstić information content (AvgIpc) is 2.15. The first-order chi connectivity index (χ1) is 7.25. The molecule has 0 aromatic rings. The molecule has 16 heavy (non-hydrogen) atoms. The van der Waals surface area contributed by atoms with E-state index in [4.69, 9.17) is 5.73 Å². The molecule has 2 nitrogen and oxygen atoms in total. The van der Waals surface area contributed by atoms with Gasteiger partial charge in [0.25, 0.3) is 0 Å². The fraction of sp³-hybridized carbons (Fsp3) is 0.308. The highest BCUT2D eigenvalue weighted by molar-refractivity contribution is 5.96. The summed E-state index contributed by atoms with van der Waals surface area (Å²) in [7, 11) is 0. The zero-order valence-electron chi connectivity index (χ0n) is 10.4. The fourth-order valence-corrected chi connectivity index (χ4v) is 0.740. The van der Waals surface area contributed by atoms with E-state index >= 15 is 0 Å². The first-order valence-electron chi connectivity index (χ1n) is 4.96. The van der Waals surface area contributed by atoms with Crippen LogP contribution in [0.15, 0.2) is 52.5 Å². The highest BCUT2D eigenvalue weighted by Gasteiger charge is 2.02. The molecule has 0 saturated heterocycles. The molecule has 2 N–H and O–H groups in total. The van der Waals surface area contributed by atoms with Crippen molar-refractivity contribution in [1.29, 1.82) is 0 Å². The number of halogens is 1. The van der Waals surface area contributed by atoms with Gasteiger partial charge in [-0.1, -0.05) is 13.2 Å². The molecule has 88 valence electrons. The summed E-state index contributed by atoms with van der Waals surface area (Å²) in [6.07, 6.45) is 1.33. The van der Waals surface area contributed by atoms with Crippen LogP contribution in [0.3, 0.4) is 0 Å². The van der Waals surface area contributed by atoms with Gasteiger partial charge in [-0.25, -0.2) is 9.38 Å². The molecule has 0 aromatic heterocycles. The molecule has 0 bridgehead atoms. The first-order valence-corrected chi connectivity index (χ1v) is 4.96. The Bertz CT molecular complexity index is 394. The van der Waals surface area contributed by atoms with Gasteiger partial charge in [-0.05, 0) is 50.5 Å². The van der Waals surface area contributed by atoms with E-state index in [-0.39, 0.29) is 11.7 Å². The van der Waals surface area contributed by atoms with Crippen molar-refractivity contribution >= 4 is 5.84 Å². The molecule has 0 aromatic carbocycles. The van der Waals surface area contributed by atoms with Crippen molar-refractivity contribution in [2.24, 2.45) is 10.7 Å². The fourth-order valence-electron chi connectivity index (χ4n) is 0.740. The van der Waals surface area contributed by atoms with E-state index in [0.717, 1.165) is 0 Å². The second kappa shape index (κ2) is 6.05. The van der Waals surface area contributed by atoms with Crippen LogP contribution in [0, 0.1) is 0 Å². The molecule has 0 fully saturated rings. The summed E-state index contributed by atoms with van der Waals surface area (Å²) in [6, 6.07) is 0. The molecule has 0 unspecified atom stereocenters. The standard InChI is InChI=1S/C13H19FN2/c1-8(2)11(14)7-12(9(3)4)16-13(15)10(5)6/h7H,3,5H2,1-2,4,6H3,(H2,15,16)/b12-7+. The Morgan fingerprint density at radius 1 is 1.12 bits per heavy atom. The third-order valence-electron chi connectivity index (χ3n) is 1.86. The van der Waals surface area contributed by atoms with Gasteiger partial charge in [-0.3, -0.25) is 0 Å². The monoisotopic (exact) mass is 222 g/mol. The summed E-state index contributed by atoms with van der Waals surface area (Å²) in [4.78, 5) is 4.08. The molecule has 3 heteroatoms. The molecule has 0 aliphatic carbocycles. The highest BCUT2D eigenvalue weighted by atomic mass is 19.1. The lowest BCUT2D eigenvalue weighted by Gasteiger charge is -2.04. The lowest BCUT2D eigenvalue weighted by Crippen LogP contribution is -2.12. The molecule has 0 aliphatic heterocycles. The largest absolute Gasteiger partial charge is 0.383 e. The molecule has 0 spiro atoms. The van der Waals surface area contributed by atoms with Gasteiger partial charge >= 0.3 is 0 Å². The van der Waals surface area contributed by atoms with Crippen molar-refractivity contribution in [1.82, 2.24) is 0 Å². The molecular weight excluding hydrogens is 203 g/mol. The number of amidine groups is 1. The van der Waals surface area contributed by atoms with Crippen LogP contribution >= 0.6 is 0 Å². The van der Waals surface area contributed by atoms with Crippen molar-refractivity contribution < 1.29 is 4.39 Å². The zero-order chi connectivity index (χ0) is 12.9. The minimum atomic E-state index is -0.323. The summed E-state index contributed by atoms with van der Waals surface area (Å²) in [5.41, 5.74) is 7.95. The Kier molecular flexibility index (Phi) is 5.43. The molecule has 0 saturated carbocycles. The van der Waals surface area contributed by atoms with Crippen LogP contribution < -0.4 is 5.73 Å². The van der Waals surface area contributed by atoms with E-state index in [0.29, 0.717) is 22.4 Å². The smallest absolute Gasteiger partial charge is 0.126 e. The lowest BCUT2D eigenvalue weighted by atomic mass is 10.2. The second-order valence-electron chi connectivity index (χ2n) is 3.94. The molecular formula is C13H19FN2. The van der Waals surface area contributed by atoms with Crippen LogP contribution in [-0.4, -0.2) is 5.84 Å². The van der Waals surface area contributed by atoms with E-state index < -0.39 is 0 Å². The van der Waals surface area contributed by atoms with Crippen LogP contribution in [0.5, 0.6) is 0 Å². The molecule has 0 heterocycles. The van der Waals surface area contributed by atoms with Crippen molar-refractivity contribution in [2.45, 2.75) is 27.7 Å². The van der Waals surface area contributed by atoms with Crippen LogP contribution in [0.2, 0.25) is 0 Å². The Morgan fingerprint density at radius 3 is 1.94 bits per heavy atom. The number of allylic oxidation sites excluding steroid dienone is 4. The molecule has 0 atom stereocenters. The number of rotatable bonds is 4. The number of nitrogens with zero attached hydrogens (tertiary/aromatic N) is 1. The van der Waals surface area contributed by atoms with Crippen LogP contribution in [0.4, 0.5) is 4.39 Å². The summed E-state index contributed by atoms with van der Waals surface area (Å²) >= 11 is 0. The predicted octanol–water partition coefficient (Wildman–Crippen LogP) is 3.64. The summed E-state index contributed by atoms with van der Waals surface area (Å²) in [5, 5.41) is 0. The SMILES string of the molecule is C=C(C)C(N)=N/C(=C/C(F)=C(C)C)C(=C)C.